The largest absolute Gasteiger partial charge is 0.352 e. The maximum Gasteiger partial charge on any atom is 0.264 e. The molecule has 1 aromatic heterocycles. The molecule has 0 saturated carbocycles. The molecule has 0 spiro atoms. The lowest BCUT2D eigenvalue weighted by atomic mass is 10.1. The summed E-state index contributed by atoms with van der Waals surface area (Å²) >= 11 is 5.82. The number of benzene rings is 1. The van der Waals surface area contributed by atoms with Gasteiger partial charge in [-0.1, -0.05) is 25.4 Å². The molecule has 5 nitrogen and oxygen atoms in total. The first-order valence-corrected chi connectivity index (χ1v) is 7.48. The zero-order chi connectivity index (χ0) is 16.1. The van der Waals surface area contributed by atoms with Crippen LogP contribution in [0.1, 0.15) is 30.6 Å². The van der Waals surface area contributed by atoms with E-state index in [0.29, 0.717) is 23.3 Å². The summed E-state index contributed by atoms with van der Waals surface area (Å²) in [5.74, 6) is 0.487. The first-order chi connectivity index (χ1) is 10.5. The number of carbonyl (C=O) groups excluding carboxylic acids is 1. The maximum atomic E-state index is 12.0. The Kier molecular flexibility index (Phi) is 5.33. The number of aromatic amines is 1. The summed E-state index contributed by atoms with van der Waals surface area (Å²) in [4.78, 5) is 30.8. The van der Waals surface area contributed by atoms with Crippen LogP contribution in [0.4, 0.5) is 0 Å². The third kappa shape index (κ3) is 4.18. The number of H-pyrrole nitrogens is 1. The third-order valence-electron chi connectivity index (χ3n) is 3.17. The van der Waals surface area contributed by atoms with Gasteiger partial charge in [0.25, 0.3) is 11.5 Å². The average Bonchev–Trinajstić information content (AvgIpc) is 2.47. The Bertz CT molecular complexity index is 708. The van der Waals surface area contributed by atoms with Crippen LogP contribution in [0.15, 0.2) is 35.3 Å². The van der Waals surface area contributed by atoms with Crippen molar-refractivity contribution in [3.63, 3.8) is 0 Å². The molecule has 2 N–H and O–H groups in total. The highest BCUT2D eigenvalue weighted by Crippen LogP contribution is 2.16. The normalized spacial score (nSPS) is 10.7. The van der Waals surface area contributed by atoms with Crippen LogP contribution >= 0.6 is 11.6 Å². The Morgan fingerprint density at radius 2 is 2.00 bits per heavy atom. The highest BCUT2D eigenvalue weighted by molar-refractivity contribution is 6.30. The van der Waals surface area contributed by atoms with E-state index in [-0.39, 0.29) is 5.56 Å². The number of hydrogen-bond donors (Lipinski definition) is 2. The molecule has 1 heterocycles. The number of nitrogens with zero attached hydrogens (tertiary/aromatic N) is 1. The monoisotopic (exact) mass is 319 g/mol. The molecule has 6 heteroatoms. The highest BCUT2D eigenvalue weighted by Gasteiger charge is 2.12. The van der Waals surface area contributed by atoms with Crippen molar-refractivity contribution in [2.24, 2.45) is 5.92 Å². The molecule has 0 aliphatic heterocycles. The number of carbonyl (C=O) groups is 1. The van der Waals surface area contributed by atoms with Crippen LogP contribution in [0.25, 0.3) is 11.4 Å². The maximum absolute atomic E-state index is 12.0. The minimum absolute atomic E-state index is 0.0152. The summed E-state index contributed by atoms with van der Waals surface area (Å²) in [6.07, 6.45) is 2.16. The number of hydrogen-bond acceptors (Lipinski definition) is 3. The minimum atomic E-state index is -0.456. The predicted octanol–water partition coefficient (Wildman–Crippen LogP) is 2.87. The first kappa shape index (κ1) is 16.2. The van der Waals surface area contributed by atoms with E-state index in [4.69, 9.17) is 11.6 Å². The smallest absolute Gasteiger partial charge is 0.264 e. The molecule has 0 atom stereocenters. The van der Waals surface area contributed by atoms with E-state index in [1.807, 2.05) is 0 Å². The Morgan fingerprint density at radius 1 is 1.32 bits per heavy atom. The van der Waals surface area contributed by atoms with Crippen LogP contribution in [0, 0.1) is 5.92 Å². The summed E-state index contributed by atoms with van der Waals surface area (Å²) in [5.41, 5.74) is 0.289. The molecular weight excluding hydrogens is 302 g/mol. The molecular formula is C16H18ClN3O2. The second-order valence-corrected chi connectivity index (χ2v) is 5.86. The fourth-order valence-electron chi connectivity index (χ4n) is 1.88. The molecule has 116 valence electrons. The fourth-order valence-corrected chi connectivity index (χ4v) is 2.01. The van der Waals surface area contributed by atoms with Crippen LogP contribution in [-0.4, -0.2) is 22.4 Å². The predicted molar refractivity (Wildman–Crippen MR) is 87.1 cm³/mol. The van der Waals surface area contributed by atoms with Crippen LogP contribution in [0.2, 0.25) is 5.02 Å². The van der Waals surface area contributed by atoms with Crippen molar-refractivity contribution in [3.8, 4) is 11.4 Å². The number of aromatic nitrogens is 2. The molecule has 2 aromatic rings. The molecule has 0 aliphatic rings. The van der Waals surface area contributed by atoms with E-state index >= 15 is 0 Å². The van der Waals surface area contributed by atoms with Gasteiger partial charge in [0.2, 0.25) is 0 Å². The Labute approximate surface area is 133 Å². The van der Waals surface area contributed by atoms with E-state index < -0.39 is 11.5 Å². The molecule has 22 heavy (non-hydrogen) atoms. The Hall–Kier alpha value is -2.14. The van der Waals surface area contributed by atoms with Gasteiger partial charge in [0.05, 0.1) is 0 Å². The molecule has 0 unspecified atom stereocenters. The lowest BCUT2D eigenvalue weighted by Crippen LogP contribution is -2.31. The van der Waals surface area contributed by atoms with Crippen molar-refractivity contribution in [1.29, 1.82) is 0 Å². The van der Waals surface area contributed by atoms with Crippen LogP contribution in [-0.2, 0) is 0 Å². The van der Waals surface area contributed by atoms with Crippen LogP contribution in [0.3, 0.4) is 0 Å². The summed E-state index contributed by atoms with van der Waals surface area (Å²) in [7, 11) is 0. The third-order valence-corrected chi connectivity index (χ3v) is 3.42. The van der Waals surface area contributed by atoms with Gasteiger partial charge in [0, 0.05) is 23.3 Å². The quantitative estimate of drug-likeness (QED) is 0.889. The number of rotatable bonds is 5. The van der Waals surface area contributed by atoms with E-state index in [0.717, 1.165) is 12.0 Å². The van der Waals surface area contributed by atoms with Gasteiger partial charge in [-0.3, -0.25) is 9.59 Å². The minimum Gasteiger partial charge on any atom is -0.352 e. The summed E-state index contributed by atoms with van der Waals surface area (Å²) < 4.78 is 0. The molecule has 0 radical (unpaired) electrons. The van der Waals surface area contributed by atoms with Gasteiger partial charge in [0.1, 0.15) is 11.4 Å². The van der Waals surface area contributed by atoms with Gasteiger partial charge in [-0.15, -0.1) is 0 Å². The number of halogens is 1. The highest BCUT2D eigenvalue weighted by atomic mass is 35.5. The van der Waals surface area contributed by atoms with E-state index in [1.54, 1.807) is 24.3 Å². The van der Waals surface area contributed by atoms with Gasteiger partial charge >= 0.3 is 0 Å². The van der Waals surface area contributed by atoms with E-state index in [9.17, 15) is 9.59 Å². The van der Waals surface area contributed by atoms with Crippen molar-refractivity contribution in [2.45, 2.75) is 20.3 Å². The SMILES string of the molecule is CC(C)CCNC(=O)c1cnc(-c2ccc(Cl)cc2)[nH]c1=O. The van der Waals surface area contributed by atoms with Gasteiger partial charge in [-0.05, 0) is 36.6 Å². The molecule has 0 aliphatic carbocycles. The summed E-state index contributed by atoms with van der Waals surface area (Å²) in [5, 5.41) is 3.33. The standard InChI is InChI=1S/C16H18ClN3O2/c1-10(2)7-8-18-15(21)13-9-19-14(20-16(13)22)11-3-5-12(17)6-4-11/h3-6,9-10H,7-8H2,1-2H3,(H,18,21)(H,19,20,22). The molecule has 2 rings (SSSR count). The lowest BCUT2D eigenvalue weighted by Gasteiger charge is -2.07. The summed E-state index contributed by atoms with van der Waals surface area (Å²) in [6, 6.07) is 6.93. The first-order valence-electron chi connectivity index (χ1n) is 7.11. The molecule has 0 fully saturated rings. The van der Waals surface area contributed by atoms with Crippen molar-refractivity contribution >= 4 is 17.5 Å². The molecule has 0 bridgehead atoms. The van der Waals surface area contributed by atoms with Crippen molar-refractivity contribution in [3.05, 3.63) is 51.4 Å². The zero-order valence-corrected chi connectivity index (χ0v) is 13.3. The van der Waals surface area contributed by atoms with Crippen molar-refractivity contribution < 1.29 is 4.79 Å². The Balaban J connectivity index is 2.14. The van der Waals surface area contributed by atoms with Crippen molar-refractivity contribution in [2.75, 3.05) is 6.54 Å². The summed E-state index contributed by atoms with van der Waals surface area (Å²) in [6.45, 7) is 4.68. The van der Waals surface area contributed by atoms with Crippen LogP contribution < -0.4 is 10.9 Å². The topological polar surface area (TPSA) is 74.8 Å². The van der Waals surface area contributed by atoms with Gasteiger partial charge in [-0.2, -0.15) is 0 Å². The second kappa shape index (κ2) is 7.22. The number of nitrogens with one attached hydrogen (secondary N) is 2. The van der Waals surface area contributed by atoms with E-state index in [1.165, 1.54) is 6.20 Å². The van der Waals surface area contributed by atoms with Crippen molar-refractivity contribution in [1.82, 2.24) is 15.3 Å². The number of amides is 1. The van der Waals surface area contributed by atoms with E-state index in [2.05, 4.69) is 29.1 Å². The zero-order valence-electron chi connectivity index (χ0n) is 12.5. The fraction of sp³-hybridized carbons (Fsp3) is 0.312. The average molecular weight is 320 g/mol. The molecule has 1 amide bonds. The molecule has 0 saturated heterocycles. The van der Waals surface area contributed by atoms with Gasteiger partial charge < -0.3 is 10.3 Å². The van der Waals surface area contributed by atoms with Gasteiger partial charge in [-0.25, -0.2) is 4.98 Å². The van der Waals surface area contributed by atoms with Gasteiger partial charge in [0.15, 0.2) is 0 Å². The lowest BCUT2D eigenvalue weighted by molar-refractivity contribution is 0.0950. The van der Waals surface area contributed by atoms with Crippen LogP contribution in [0.5, 0.6) is 0 Å². The second-order valence-electron chi connectivity index (χ2n) is 5.42. The Morgan fingerprint density at radius 3 is 2.59 bits per heavy atom. The molecule has 1 aromatic carbocycles.